The van der Waals surface area contributed by atoms with Crippen molar-refractivity contribution in [2.45, 2.75) is 13.1 Å². The van der Waals surface area contributed by atoms with Crippen molar-refractivity contribution in [3.05, 3.63) is 76.4 Å². The zero-order valence-corrected chi connectivity index (χ0v) is 15.1. The molecule has 3 rings (SSSR count). The second-order valence-corrected chi connectivity index (χ2v) is 6.44. The smallest absolute Gasteiger partial charge is 0.322 e. The Bertz CT molecular complexity index is 859. The number of hydrogen-bond acceptors (Lipinski definition) is 2. The summed E-state index contributed by atoms with van der Waals surface area (Å²) in [5.74, 6) is 0.701. The van der Waals surface area contributed by atoms with Gasteiger partial charge in [0.2, 0.25) is 0 Å². The summed E-state index contributed by atoms with van der Waals surface area (Å²) in [6.45, 7) is 0.774. The molecule has 5 nitrogen and oxygen atoms in total. The van der Waals surface area contributed by atoms with Gasteiger partial charge in [-0.05, 0) is 42.5 Å². The summed E-state index contributed by atoms with van der Waals surface area (Å²) < 4.78 is 7.35. The highest BCUT2D eigenvalue weighted by Gasteiger charge is 2.18. The number of amides is 2. The molecule has 0 radical (unpaired) electrons. The van der Waals surface area contributed by atoms with Crippen LogP contribution in [0.2, 0.25) is 10.0 Å². The summed E-state index contributed by atoms with van der Waals surface area (Å²) >= 11 is 12.0. The maximum Gasteiger partial charge on any atom is 0.322 e. The Balaban J connectivity index is 1.79. The minimum atomic E-state index is -0.276. The third kappa shape index (κ3) is 4.38. The molecule has 130 valence electrons. The lowest BCUT2D eigenvalue weighted by Crippen LogP contribution is -2.34. The standard InChI is InChI=1S/C18H17Cl2N3O2/c1-22-8-2-4-14(22)11-23(12-15-5-3-9-25-15)18(24)21-17-7-6-13(19)10-16(17)20/h2-10H,11-12H2,1H3,(H,21,24). The van der Waals surface area contributed by atoms with Gasteiger partial charge in [-0.15, -0.1) is 0 Å². The van der Waals surface area contributed by atoms with Crippen LogP contribution in [0.5, 0.6) is 0 Å². The molecule has 0 bridgehead atoms. The Kier molecular flexibility index (Phi) is 5.36. The van der Waals surface area contributed by atoms with Crippen LogP contribution in [0.15, 0.2) is 59.3 Å². The van der Waals surface area contributed by atoms with Gasteiger partial charge in [-0.3, -0.25) is 0 Å². The summed E-state index contributed by atoms with van der Waals surface area (Å²) in [6.07, 6.45) is 3.53. The number of benzene rings is 1. The van der Waals surface area contributed by atoms with Crippen molar-refractivity contribution >= 4 is 34.9 Å². The average molecular weight is 378 g/mol. The van der Waals surface area contributed by atoms with Crippen LogP contribution in [0, 0.1) is 0 Å². The van der Waals surface area contributed by atoms with Gasteiger partial charge in [0.15, 0.2) is 0 Å². The van der Waals surface area contributed by atoms with Crippen LogP contribution >= 0.6 is 23.2 Å². The van der Waals surface area contributed by atoms with Gasteiger partial charge in [0.05, 0.1) is 30.1 Å². The van der Waals surface area contributed by atoms with Crippen molar-refractivity contribution in [3.63, 3.8) is 0 Å². The molecular weight excluding hydrogens is 361 g/mol. The summed E-state index contributed by atoms with van der Waals surface area (Å²) in [5.41, 5.74) is 1.51. The van der Waals surface area contributed by atoms with Crippen molar-refractivity contribution in [3.8, 4) is 0 Å². The Hall–Kier alpha value is -2.37. The van der Waals surface area contributed by atoms with Crippen molar-refractivity contribution in [1.82, 2.24) is 9.47 Å². The van der Waals surface area contributed by atoms with E-state index in [2.05, 4.69) is 5.32 Å². The minimum absolute atomic E-state index is 0.276. The first kappa shape index (κ1) is 17.5. The predicted molar refractivity (Wildman–Crippen MR) is 98.8 cm³/mol. The van der Waals surface area contributed by atoms with Crippen molar-refractivity contribution in [1.29, 1.82) is 0 Å². The SMILES string of the molecule is Cn1cccc1CN(Cc1ccco1)C(=O)Nc1ccc(Cl)cc1Cl. The Morgan fingerprint density at radius 1 is 1.20 bits per heavy atom. The molecule has 0 unspecified atom stereocenters. The van der Waals surface area contributed by atoms with E-state index < -0.39 is 0 Å². The fourth-order valence-electron chi connectivity index (χ4n) is 2.43. The number of aryl methyl sites for hydroxylation is 1. The highest BCUT2D eigenvalue weighted by Crippen LogP contribution is 2.26. The first-order valence-electron chi connectivity index (χ1n) is 7.66. The highest BCUT2D eigenvalue weighted by atomic mass is 35.5. The summed E-state index contributed by atoms with van der Waals surface area (Å²) in [7, 11) is 1.94. The molecule has 1 aromatic carbocycles. The zero-order valence-electron chi connectivity index (χ0n) is 13.6. The van der Waals surface area contributed by atoms with E-state index in [-0.39, 0.29) is 6.03 Å². The molecule has 0 saturated carbocycles. The lowest BCUT2D eigenvalue weighted by molar-refractivity contribution is 0.200. The molecule has 0 aliphatic carbocycles. The number of nitrogens with one attached hydrogen (secondary N) is 1. The largest absolute Gasteiger partial charge is 0.467 e. The van der Waals surface area contributed by atoms with Gasteiger partial charge in [0.25, 0.3) is 0 Å². The molecule has 0 saturated heterocycles. The molecule has 0 fully saturated rings. The molecule has 3 aromatic rings. The number of carbonyl (C=O) groups is 1. The average Bonchev–Trinajstić information content (AvgIpc) is 3.22. The number of carbonyl (C=O) groups excluding carboxylic acids is 1. The van der Waals surface area contributed by atoms with Crippen LogP contribution in [0.3, 0.4) is 0 Å². The van der Waals surface area contributed by atoms with Crippen LogP contribution < -0.4 is 5.32 Å². The van der Waals surface area contributed by atoms with E-state index in [1.165, 1.54) is 0 Å². The van der Waals surface area contributed by atoms with Crippen LogP contribution in [0.4, 0.5) is 10.5 Å². The Labute approximate surface area is 155 Å². The van der Waals surface area contributed by atoms with Crippen LogP contribution in [-0.4, -0.2) is 15.5 Å². The fourth-order valence-corrected chi connectivity index (χ4v) is 2.89. The third-order valence-corrected chi connectivity index (χ3v) is 4.34. The van der Waals surface area contributed by atoms with Gasteiger partial charge in [0, 0.05) is 24.0 Å². The monoisotopic (exact) mass is 377 g/mol. The normalized spacial score (nSPS) is 10.7. The third-order valence-electron chi connectivity index (χ3n) is 3.79. The summed E-state index contributed by atoms with van der Waals surface area (Å²) in [5, 5.41) is 3.73. The van der Waals surface area contributed by atoms with Crippen molar-refractivity contribution < 1.29 is 9.21 Å². The van der Waals surface area contributed by atoms with Gasteiger partial charge < -0.3 is 19.2 Å². The number of halogens is 2. The molecule has 0 aliphatic heterocycles. The molecule has 7 heteroatoms. The molecule has 0 aliphatic rings. The highest BCUT2D eigenvalue weighted by molar-refractivity contribution is 6.36. The number of urea groups is 1. The minimum Gasteiger partial charge on any atom is -0.467 e. The predicted octanol–water partition coefficient (Wildman–Crippen LogP) is 5.16. The topological polar surface area (TPSA) is 50.4 Å². The molecule has 0 spiro atoms. The lowest BCUT2D eigenvalue weighted by Gasteiger charge is -2.23. The maximum absolute atomic E-state index is 12.8. The number of anilines is 1. The first-order chi connectivity index (χ1) is 12.0. The van der Waals surface area contributed by atoms with Gasteiger partial charge in [-0.25, -0.2) is 4.79 Å². The number of hydrogen-bond donors (Lipinski definition) is 1. The number of furan rings is 1. The molecule has 1 N–H and O–H groups in total. The van der Waals surface area contributed by atoms with Gasteiger partial charge in [-0.1, -0.05) is 23.2 Å². The molecular formula is C18H17Cl2N3O2. The van der Waals surface area contributed by atoms with E-state index in [1.807, 2.05) is 36.0 Å². The van der Waals surface area contributed by atoms with E-state index >= 15 is 0 Å². The van der Waals surface area contributed by atoms with E-state index in [4.69, 9.17) is 27.6 Å². The molecule has 2 amide bonds. The fraction of sp³-hybridized carbons (Fsp3) is 0.167. The second kappa shape index (κ2) is 7.68. The lowest BCUT2D eigenvalue weighted by atomic mass is 10.3. The number of nitrogens with zero attached hydrogens (tertiary/aromatic N) is 2. The van der Waals surface area contributed by atoms with E-state index in [0.29, 0.717) is 34.6 Å². The Morgan fingerprint density at radius 2 is 2.04 bits per heavy atom. The van der Waals surface area contributed by atoms with Crippen molar-refractivity contribution in [2.24, 2.45) is 7.05 Å². The van der Waals surface area contributed by atoms with E-state index in [0.717, 1.165) is 5.69 Å². The van der Waals surface area contributed by atoms with Crippen molar-refractivity contribution in [2.75, 3.05) is 5.32 Å². The molecule has 0 atom stereocenters. The second-order valence-electron chi connectivity index (χ2n) is 5.60. The van der Waals surface area contributed by atoms with Gasteiger partial charge in [0.1, 0.15) is 5.76 Å². The van der Waals surface area contributed by atoms with E-state index in [9.17, 15) is 4.79 Å². The van der Waals surface area contributed by atoms with Crippen LogP contribution in [0.1, 0.15) is 11.5 Å². The Morgan fingerprint density at radius 3 is 2.68 bits per heavy atom. The number of aromatic nitrogens is 1. The van der Waals surface area contributed by atoms with Gasteiger partial charge in [-0.2, -0.15) is 0 Å². The zero-order chi connectivity index (χ0) is 17.8. The molecule has 2 aromatic heterocycles. The number of rotatable bonds is 5. The molecule has 2 heterocycles. The van der Waals surface area contributed by atoms with Crippen LogP contribution in [0.25, 0.3) is 0 Å². The van der Waals surface area contributed by atoms with Crippen LogP contribution in [-0.2, 0) is 20.1 Å². The van der Waals surface area contributed by atoms with Gasteiger partial charge >= 0.3 is 6.03 Å². The maximum atomic E-state index is 12.8. The first-order valence-corrected chi connectivity index (χ1v) is 8.42. The quantitative estimate of drug-likeness (QED) is 0.667. The summed E-state index contributed by atoms with van der Waals surface area (Å²) in [6, 6.07) is 12.2. The summed E-state index contributed by atoms with van der Waals surface area (Å²) in [4.78, 5) is 14.4. The molecule has 25 heavy (non-hydrogen) atoms. The van der Waals surface area contributed by atoms with E-state index in [1.54, 1.807) is 35.4 Å².